The normalized spacial score (nSPS) is 11.0. The van der Waals surface area contributed by atoms with Crippen LogP contribution in [0, 0.1) is 11.5 Å². The van der Waals surface area contributed by atoms with Crippen LogP contribution in [0.3, 0.4) is 0 Å². The van der Waals surface area contributed by atoms with Gasteiger partial charge in [-0.25, -0.2) is 0 Å². The first-order valence-electron chi connectivity index (χ1n) is 2.66. The molecular formula is C4H4Cl3N3OS. The van der Waals surface area contributed by atoms with Gasteiger partial charge in [-0.1, -0.05) is 0 Å². The average molecular weight is 249 g/mol. The van der Waals surface area contributed by atoms with Crippen LogP contribution in [0.5, 0.6) is 0 Å². The van der Waals surface area contributed by atoms with Crippen LogP contribution in [0.1, 0.15) is 0 Å². The number of alkyl halides is 1. The van der Waals surface area contributed by atoms with E-state index in [-0.39, 0.29) is 5.29 Å². The molecule has 0 fully saturated rings. The zero-order valence-electron chi connectivity index (χ0n) is 5.71. The Morgan fingerprint density at radius 3 is 2.83 bits per heavy atom. The third-order valence-electron chi connectivity index (χ3n) is 0.616. The van der Waals surface area contributed by atoms with Crippen LogP contribution in [0.2, 0.25) is 0 Å². The number of halogens is 3. The Labute approximate surface area is 89.5 Å². The summed E-state index contributed by atoms with van der Waals surface area (Å²) < 4.78 is 8.79. The van der Waals surface area contributed by atoms with E-state index in [2.05, 4.69) is 4.51 Å². The van der Waals surface area contributed by atoms with Crippen LogP contribution in [-0.4, -0.2) is 22.1 Å². The van der Waals surface area contributed by atoms with Crippen molar-refractivity contribution in [2.75, 3.05) is 12.5 Å². The first kappa shape index (κ1) is 12.1. The lowest BCUT2D eigenvalue weighted by atomic mass is 10.9. The molecule has 0 saturated heterocycles. The highest BCUT2D eigenvalue weighted by Gasteiger charge is 2.09. The van der Waals surface area contributed by atoms with E-state index in [1.807, 2.05) is 0 Å². The van der Waals surface area contributed by atoms with E-state index in [1.54, 1.807) is 6.19 Å². The molecule has 8 heteroatoms. The summed E-state index contributed by atoms with van der Waals surface area (Å²) >= 11 is 16.4. The van der Waals surface area contributed by atoms with Gasteiger partial charge in [0.25, 0.3) is 0 Å². The summed E-state index contributed by atoms with van der Waals surface area (Å²) in [5.74, 6) is 0.335. The Kier molecular flexibility index (Phi) is 7.86. The monoisotopic (exact) mass is 247 g/mol. The maximum absolute atomic E-state index is 8.45. The number of amidine groups is 1. The van der Waals surface area contributed by atoms with Crippen molar-refractivity contribution in [3.63, 3.8) is 0 Å². The highest BCUT2D eigenvalue weighted by Crippen LogP contribution is 2.13. The van der Waals surface area contributed by atoms with Crippen molar-refractivity contribution in [3.05, 3.63) is 0 Å². The molecule has 0 heterocycles. The number of nitriles is 1. The lowest BCUT2D eigenvalue weighted by Crippen LogP contribution is -2.13. The molecule has 0 aliphatic carbocycles. The fourth-order valence-corrected chi connectivity index (χ4v) is 1.05. The Balaban J connectivity index is 3.78. The lowest BCUT2D eigenvalue weighted by molar-refractivity contribution is 0.395. The minimum Gasteiger partial charge on any atom is -0.295 e. The van der Waals surface area contributed by atoms with Gasteiger partial charge in [-0.15, -0.1) is 16.1 Å². The number of hydrogen-bond acceptors (Lipinski definition) is 4. The SMILES string of the molecule is N#CN(SOCCCl)C(Cl)=NCl. The molecule has 0 aromatic carbocycles. The Morgan fingerprint density at radius 1 is 1.75 bits per heavy atom. The predicted molar refractivity (Wildman–Crippen MR) is 50.9 cm³/mol. The molecule has 68 valence electrons. The molecule has 0 atom stereocenters. The van der Waals surface area contributed by atoms with Gasteiger partial charge in [0.15, 0.2) is 6.19 Å². The van der Waals surface area contributed by atoms with E-state index in [0.29, 0.717) is 12.5 Å². The van der Waals surface area contributed by atoms with Crippen molar-refractivity contribution < 1.29 is 4.18 Å². The molecule has 0 saturated carbocycles. The van der Waals surface area contributed by atoms with E-state index in [4.69, 9.17) is 44.4 Å². The molecule has 0 aliphatic heterocycles. The number of nitrogens with zero attached hydrogens (tertiary/aromatic N) is 3. The molecular weight excluding hydrogens is 244 g/mol. The molecule has 4 nitrogen and oxygen atoms in total. The Morgan fingerprint density at radius 2 is 2.42 bits per heavy atom. The lowest BCUT2D eigenvalue weighted by Gasteiger charge is -2.07. The summed E-state index contributed by atoms with van der Waals surface area (Å²) in [5.41, 5.74) is 0. The van der Waals surface area contributed by atoms with Crippen LogP contribution >= 0.6 is 47.2 Å². The summed E-state index contributed by atoms with van der Waals surface area (Å²) in [6, 6.07) is 0. The molecule has 0 amide bonds. The van der Waals surface area contributed by atoms with Gasteiger partial charge < -0.3 is 0 Å². The highest BCUT2D eigenvalue weighted by molar-refractivity contribution is 7.93. The standard InChI is InChI=1S/C4H4Cl3N3OS/c5-1-2-11-12-10(3-8)4(6)9-7/h1-2H2. The van der Waals surface area contributed by atoms with Gasteiger partial charge in [0.05, 0.1) is 6.61 Å². The second-order valence-electron chi connectivity index (χ2n) is 1.33. The van der Waals surface area contributed by atoms with Crippen LogP contribution in [0.15, 0.2) is 4.51 Å². The van der Waals surface area contributed by atoms with Crippen LogP contribution in [0.25, 0.3) is 0 Å². The zero-order valence-corrected chi connectivity index (χ0v) is 8.79. The molecule has 0 bridgehead atoms. The molecule has 0 rings (SSSR count). The van der Waals surface area contributed by atoms with Crippen molar-refractivity contribution in [1.29, 1.82) is 5.26 Å². The fourth-order valence-electron chi connectivity index (χ4n) is 0.244. The van der Waals surface area contributed by atoms with Crippen molar-refractivity contribution in [1.82, 2.24) is 4.31 Å². The smallest absolute Gasteiger partial charge is 0.236 e. The summed E-state index contributed by atoms with van der Waals surface area (Å²) in [7, 11) is 0. The van der Waals surface area contributed by atoms with E-state index in [9.17, 15) is 0 Å². The molecule has 0 aliphatic rings. The van der Waals surface area contributed by atoms with Crippen molar-refractivity contribution in [2.45, 2.75) is 0 Å². The maximum atomic E-state index is 8.45. The summed E-state index contributed by atoms with van der Waals surface area (Å²) in [4.78, 5) is 0. The topological polar surface area (TPSA) is 48.6 Å². The average Bonchev–Trinajstić information content (AvgIpc) is 2.11. The molecule has 0 aromatic rings. The highest BCUT2D eigenvalue weighted by atomic mass is 35.5. The van der Waals surface area contributed by atoms with Gasteiger partial charge >= 0.3 is 0 Å². The third kappa shape index (κ3) is 4.91. The molecule has 0 aromatic heterocycles. The van der Waals surface area contributed by atoms with Gasteiger partial charge in [-0.2, -0.15) is 9.57 Å². The quantitative estimate of drug-likeness (QED) is 0.0882. The number of rotatable bonds is 4. The summed E-state index contributed by atoms with van der Waals surface area (Å²) in [6.45, 7) is 0.302. The van der Waals surface area contributed by atoms with Gasteiger partial charge in [-0.3, -0.25) is 4.18 Å². The molecule has 0 spiro atoms. The second kappa shape index (κ2) is 7.77. The zero-order chi connectivity index (χ0) is 9.40. The van der Waals surface area contributed by atoms with Crippen LogP contribution in [-0.2, 0) is 4.18 Å². The van der Waals surface area contributed by atoms with E-state index < -0.39 is 0 Å². The fraction of sp³-hybridized carbons (Fsp3) is 0.500. The molecule has 0 unspecified atom stereocenters. The van der Waals surface area contributed by atoms with Crippen molar-refractivity contribution in [3.8, 4) is 6.19 Å². The van der Waals surface area contributed by atoms with Gasteiger partial charge in [0, 0.05) is 17.7 Å². The minimum atomic E-state index is -0.168. The molecule has 0 N–H and O–H groups in total. The van der Waals surface area contributed by atoms with Gasteiger partial charge in [-0.05, 0) is 11.6 Å². The van der Waals surface area contributed by atoms with Gasteiger partial charge in [0.2, 0.25) is 5.29 Å². The Hall–Kier alpha value is 0.140. The number of hydrogen-bond donors (Lipinski definition) is 0. The summed E-state index contributed by atoms with van der Waals surface area (Å²) in [6.07, 6.45) is 1.69. The van der Waals surface area contributed by atoms with E-state index >= 15 is 0 Å². The summed E-state index contributed by atoms with van der Waals surface area (Å²) in [5, 5.41) is 8.28. The van der Waals surface area contributed by atoms with Crippen molar-refractivity contribution in [2.24, 2.45) is 4.51 Å². The van der Waals surface area contributed by atoms with E-state index in [0.717, 1.165) is 16.5 Å². The minimum absolute atomic E-state index is 0.168. The maximum Gasteiger partial charge on any atom is 0.236 e. The van der Waals surface area contributed by atoms with Crippen LogP contribution < -0.4 is 0 Å². The largest absolute Gasteiger partial charge is 0.295 e. The van der Waals surface area contributed by atoms with E-state index in [1.165, 1.54) is 0 Å². The Bertz CT molecular complexity index is 194. The third-order valence-corrected chi connectivity index (χ3v) is 2.05. The van der Waals surface area contributed by atoms with Crippen molar-refractivity contribution >= 4 is 52.5 Å². The molecule has 12 heavy (non-hydrogen) atoms. The second-order valence-corrected chi connectivity index (χ2v) is 2.97. The first-order valence-corrected chi connectivity index (χ1v) is 4.61. The van der Waals surface area contributed by atoms with Crippen LogP contribution in [0.4, 0.5) is 0 Å². The molecule has 0 radical (unpaired) electrons. The van der Waals surface area contributed by atoms with Gasteiger partial charge in [0.1, 0.15) is 12.2 Å². The predicted octanol–water partition coefficient (Wildman–Crippen LogP) is 2.34. The first-order chi connectivity index (χ1) is 5.76.